The highest BCUT2D eigenvalue weighted by Crippen LogP contribution is 2.20. The molecule has 0 saturated heterocycles. The maximum atomic E-state index is 6.32. The SMILES string of the molecule is CCCCCCOCCCCCCCCC1(N)C=CN=CC1N. The Kier molecular flexibility index (Phi) is 11.2. The second kappa shape index (κ2) is 12.7. The second-order valence-corrected chi connectivity index (χ2v) is 6.80. The first-order chi connectivity index (χ1) is 11.2. The topological polar surface area (TPSA) is 73.6 Å². The number of hydrogen-bond donors (Lipinski definition) is 2. The smallest absolute Gasteiger partial charge is 0.0619 e. The van der Waals surface area contributed by atoms with Crippen LogP contribution in [0.25, 0.3) is 0 Å². The van der Waals surface area contributed by atoms with Gasteiger partial charge in [0.05, 0.1) is 11.6 Å². The van der Waals surface area contributed by atoms with E-state index in [2.05, 4.69) is 11.9 Å². The molecule has 0 spiro atoms. The van der Waals surface area contributed by atoms with Crippen LogP contribution in [-0.2, 0) is 4.74 Å². The van der Waals surface area contributed by atoms with E-state index in [1.54, 1.807) is 12.4 Å². The molecule has 0 aromatic carbocycles. The summed E-state index contributed by atoms with van der Waals surface area (Å²) in [6.45, 7) is 4.11. The Morgan fingerprint density at radius 1 is 0.957 bits per heavy atom. The molecule has 0 aromatic rings. The predicted octanol–water partition coefficient (Wildman–Crippen LogP) is 3.94. The van der Waals surface area contributed by atoms with E-state index < -0.39 is 5.54 Å². The highest BCUT2D eigenvalue weighted by Gasteiger charge is 2.29. The van der Waals surface area contributed by atoms with Crippen molar-refractivity contribution in [3.63, 3.8) is 0 Å². The van der Waals surface area contributed by atoms with Gasteiger partial charge in [0, 0.05) is 25.6 Å². The molecule has 1 aliphatic rings. The zero-order chi connectivity index (χ0) is 16.8. The molecule has 1 aliphatic heterocycles. The van der Waals surface area contributed by atoms with Crippen LogP contribution in [0.15, 0.2) is 17.3 Å². The number of rotatable bonds is 14. The van der Waals surface area contributed by atoms with Gasteiger partial charge in [0.1, 0.15) is 0 Å². The molecular weight excluding hydrogens is 286 g/mol. The Balaban J connectivity index is 1.85. The van der Waals surface area contributed by atoms with Crippen molar-refractivity contribution in [3.05, 3.63) is 12.3 Å². The lowest BCUT2D eigenvalue weighted by Gasteiger charge is -2.31. The lowest BCUT2D eigenvalue weighted by Crippen LogP contribution is -2.55. The largest absolute Gasteiger partial charge is 0.381 e. The molecule has 134 valence electrons. The third kappa shape index (κ3) is 9.23. The monoisotopic (exact) mass is 323 g/mol. The van der Waals surface area contributed by atoms with Crippen molar-refractivity contribution >= 4 is 6.21 Å². The molecule has 0 saturated carbocycles. The van der Waals surface area contributed by atoms with Gasteiger partial charge in [0.25, 0.3) is 0 Å². The average molecular weight is 324 g/mol. The van der Waals surface area contributed by atoms with E-state index in [0.29, 0.717) is 0 Å². The molecule has 0 radical (unpaired) electrons. The van der Waals surface area contributed by atoms with Crippen LogP contribution in [0.1, 0.15) is 77.6 Å². The quantitative estimate of drug-likeness (QED) is 0.476. The summed E-state index contributed by atoms with van der Waals surface area (Å²) in [6, 6.07) is -0.151. The second-order valence-electron chi connectivity index (χ2n) is 6.80. The Morgan fingerprint density at radius 2 is 1.57 bits per heavy atom. The van der Waals surface area contributed by atoms with E-state index in [-0.39, 0.29) is 6.04 Å². The summed E-state index contributed by atoms with van der Waals surface area (Å²) in [7, 11) is 0. The number of ether oxygens (including phenoxy) is 1. The van der Waals surface area contributed by atoms with Crippen molar-refractivity contribution in [1.82, 2.24) is 0 Å². The van der Waals surface area contributed by atoms with E-state index in [0.717, 1.165) is 26.1 Å². The molecule has 23 heavy (non-hydrogen) atoms. The first-order valence-electron chi connectivity index (χ1n) is 9.52. The van der Waals surface area contributed by atoms with Gasteiger partial charge in [-0.05, 0) is 25.3 Å². The Bertz CT molecular complexity index is 344. The maximum Gasteiger partial charge on any atom is 0.0619 e. The summed E-state index contributed by atoms with van der Waals surface area (Å²) in [5.74, 6) is 0. The molecule has 0 aromatic heterocycles. The fourth-order valence-corrected chi connectivity index (χ4v) is 2.90. The highest BCUT2D eigenvalue weighted by atomic mass is 16.5. The molecule has 4 nitrogen and oxygen atoms in total. The van der Waals surface area contributed by atoms with Crippen molar-refractivity contribution in [2.75, 3.05) is 13.2 Å². The van der Waals surface area contributed by atoms with Crippen LogP contribution >= 0.6 is 0 Å². The first kappa shape index (κ1) is 20.3. The normalized spacial score (nSPS) is 23.5. The maximum absolute atomic E-state index is 6.32. The Hall–Kier alpha value is -0.710. The number of aliphatic imine (C=N–C) groups is 1. The minimum Gasteiger partial charge on any atom is -0.381 e. The van der Waals surface area contributed by atoms with Crippen LogP contribution in [0.2, 0.25) is 0 Å². The zero-order valence-electron chi connectivity index (χ0n) is 15.0. The van der Waals surface area contributed by atoms with E-state index >= 15 is 0 Å². The molecule has 1 heterocycles. The fourth-order valence-electron chi connectivity index (χ4n) is 2.90. The zero-order valence-corrected chi connectivity index (χ0v) is 15.0. The summed E-state index contributed by atoms with van der Waals surface area (Å²) in [5.41, 5.74) is 11.9. The van der Waals surface area contributed by atoms with Crippen molar-refractivity contribution in [1.29, 1.82) is 0 Å². The molecular formula is C19H37N3O. The van der Waals surface area contributed by atoms with Gasteiger partial charge >= 0.3 is 0 Å². The van der Waals surface area contributed by atoms with Crippen molar-refractivity contribution in [2.24, 2.45) is 16.5 Å². The van der Waals surface area contributed by atoms with E-state index in [1.165, 1.54) is 57.8 Å². The third-order valence-electron chi connectivity index (χ3n) is 4.63. The summed E-state index contributed by atoms with van der Waals surface area (Å²) in [6.07, 6.45) is 19.0. The summed E-state index contributed by atoms with van der Waals surface area (Å²) < 4.78 is 5.66. The summed E-state index contributed by atoms with van der Waals surface area (Å²) >= 11 is 0. The van der Waals surface area contributed by atoms with Gasteiger partial charge in [-0.25, -0.2) is 0 Å². The van der Waals surface area contributed by atoms with Gasteiger partial charge in [0.2, 0.25) is 0 Å². The molecule has 4 N–H and O–H groups in total. The number of hydrogen-bond acceptors (Lipinski definition) is 4. The van der Waals surface area contributed by atoms with Gasteiger partial charge in [0.15, 0.2) is 0 Å². The van der Waals surface area contributed by atoms with Crippen molar-refractivity contribution in [2.45, 2.75) is 89.1 Å². The molecule has 2 atom stereocenters. The van der Waals surface area contributed by atoms with E-state index in [4.69, 9.17) is 16.2 Å². The molecule has 0 amide bonds. The number of nitrogens with two attached hydrogens (primary N) is 2. The molecule has 4 heteroatoms. The molecule has 0 fully saturated rings. The van der Waals surface area contributed by atoms with Crippen LogP contribution in [-0.4, -0.2) is 31.0 Å². The van der Waals surface area contributed by atoms with Crippen LogP contribution in [0, 0.1) is 0 Å². The first-order valence-corrected chi connectivity index (χ1v) is 9.52. The van der Waals surface area contributed by atoms with Gasteiger partial charge < -0.3 is 16.2 Å². The summed E-state index contributed by atoms with van der Waals surface area (Å²) in [5, 5.41) is 0. The van der Waals surface area contributed by atoms with Crippen LogP contribution < -0.4 is 11.5 Å². The minimum absolute atomic E-state index is 0.151. The molecule has 0 bridgehead atoms. The number of nitrogens with zero attached hydrogens (tertiary/aromatic N) is 1. The number of unbranched alkanes of at least 4 members (excludes halogenated alkanes) is 8. The van der Waals surface area contributed by atoms with Gasteiger partial charge in [-0.15, -0.1) is 0 Å². The van der Waals surface area contributed by atoms with Crippen molar-refractivity contribution in [3.8, 4) is 0 Å². The van der Waals surface area contributed by atoms with Crippen molar-refractivity contribution < 1.29 is 4.74 Å². The fraction of sp³-hybridized carbons (Fsp3) is 0.842. The van der Waals surface area contributed by atoms with E-state index in [9.17, 15) is 0 Å². The third-order valence-corrected chi connectivity index (χ3v) is 4.63. The van der Waals surface area contributed by atoms with Gasteiger partial charge in [-0.1, -0.05) is 58.3 Å². The van der Waals surface area contributed by atoms with Gasteiger partial charge in [-0.2, -0.15) is 0 Å². The minimum atomic E-state index is -0.395. The Labute approximate surface area is 142 Å². The molecule has 2 unspecified atom stereocenters. The lowest BCUT2D eigenvalue weighted by atomic mass is 9.85. The summed E-state index contributed by atoms with van der Waals surface area (Å²) in [4.78, 5) is 4.05. The lowest BCUT2D eigenvalue weighted by molar-refractivity contribution is 0.125. The van der Waals surface area contributed by atoms with E-state index in [1.807, 2.05) is 6.08 Å². The average Bonchev–Trinajstić information content (AvgIpc) is 2.55. The molecule has 0 aliphatic carbocycles. The van der Waals surface area contributed by atoms with Crippen LogP contribution in [0.3, 0.4) is 0 Å². The Morgan fingerprint density at radius 3 is 2.22 bits per heavy atom. The standard InChI is InChI=1S/C19H37N3O/c1-2-3-4-10-15-23-16-11-8-6-5-7-9-12-19(21)13-14-22-17-18(19)20/h13-14,17-18H,2-12,15-16,20-21H2,1H3. The van der Waals surface area contributed by atoms with Gasteiger partial charge in [-0.3, -0.25) is 4.99 Å². The highest BCUT2D eigenvalue weighted by molar-refractivity contribution is 5.69. The molecule has 1 rings (SSSR count). The van der Waals surface area contributed by atoms with Crippen LogP contribution in [0.4, 0.5) is 0 Å². The van der Waals surface area contributed by atoms with Crippen LogP contribution in [0.5, 0.6) is 0 Å². The predicted molar refractivity (Wildman–Crippen MR) is 99.8 cm³/mol.